The van der Waals surface area contributed by atoms with Crippen molar-refractivity contribution in [3.05, 3.63) is 18.3 Å². The third kappa shape index (κ3) is 2.88. The van der Waals surface area contributed by atoms with Crippen molar-refractivity contribution in [3.63, 3.8) is 0 Å². The number of amides is 2. The van der Waals surface area contributed by atoms with E-state index >= 15 is 0 Å². The molecule has 2 amide bonds. The van der Waals surface area contributed by atoms with Gasteiger partial charge >= 0.3 is 6.03 Å². The van der Waals surface area contributed by atoms with Gasteiger partial charge in [-0.05, 0) is 43.2 Å². The van der Waals surface area contributed by atoms with Gasteiger partial charge in [-0.3, -0.25) is 0 Å². The monoisotopic (exact) mass is 302 g/mol. The van der Waals surface area contributed by atoms with Gasteiger partial charge in [0.2, 0.25) is 0 Å². The van der Waals surface area contributed by atoms with Crippen LogP contribution >= 0.6 is 0 Å². The summed E-state index contributed by atoms with van der Waals surface area (Å²) in [5, 5.41) is 6.07. The molecule has 6 heteroatoms. The van der Waals surface area contributed by atoms with Gasteiger partial charge in [-0.2, -0.15) is 0 Å². The molecule has 1 saturated heterocycles. The summed E-state index contributed by atoms with van der Waals surface area (Å²) in [4.78, 5) is 18.8. The van der Waals surface area contributed by atoms with Crippen LogP contribution in [0.25, 0.3) is 0 Å². The molecule has 1 aromatic rings. The number of carbonyl (C=O) groups is 1. The zero-order chi connectivity index (χ0) is 14.9. The molecule has 0 spiro atoms. The molecular formula is C16H22N4O2. The van der Waals surface area contributed by atoms with Crippen LogP contribution in [0, 0.1) is 11.8 Å². The molecule has 0 radical (unpaired) electrons. The van der Waals surface area contributed by atoms with E-state index in [0.29, 0.717) is 19.3 Å². The fourth-order valence-corrected chi connectivity index (χ4v) is 3.70. The number of rotatable bonds is 3. The second-order valence-electron chi connectivity index (χ2n) is 6.50. The van der Waals surface area contributed by atoms with E-state index in [-0.39, 0.29) is 6.03 Å². The second-order valence-corrected chi connectivity index (χ2v) is 6.50. The van der Waals surface area contributed by atoms with Gasteiger partial charge in [-0.25, -0.2) is 9.78 Å². The number of aromatic nitrogens is 1. The predicted octanol–water partition coefficient (Wildman–Crippen LogP) is 1.84. The Labute approximate surface area is 130 Å². The van der Waals surface area contributed by atoms with Crippen molar-refractivity contribution in [2.75, 3.05) is 36.5 Å². The molecule has 2 heterocycles. The van der Waals surface area contributed by atoms with Gasteiger partial charge in [0.15, 0.2) is 5.82 Å². The number of anilines is 2. The highest BCUT2D eigenvalue weighted by Crippen LogP contribution is 2.51. The van der Waals surface area contributed by atoms with Crippen LogP contribution in [0.5, 0.6) is 0 Å². The molecule has 1 aromatic heterocycles. The van der Waals surface area contributed by atoms with Gasteiger partial charge in [0.05, 0.1) is 18.9 Å². The summed E-state index contributed by atoms with van der Waals surface area (Å²) in [6.07, 6.45) is 5.41. The first-order valence-corrected chi connectivity index (χ1v) is 8.15. The Morgan fingerprint density at radius 3 is 2.77 bits per heavy atom. The molecule has 2 saturated carbocycles. The standard InChI is InChI=1S/C16H22N4O2/c21-16(18-13-9-11-8-12(11)10-13)19-14-2-1-3-17-15(14)20-4-6-22-7-5-20/h1-3,11-13H,4-10H2,(H2,18,19,21). The highest BCUT2D eigenvalue weighted by molar-refractivity contribution is 5.92. The summed E-state index contributed by atoms with van der Waals surface area (Å²) in [7, 11) is 0. The van der Waals surface area contributed by atoms with Crippen molar-refractivity contribution in [1.82, 2.24) is 10.3 Å². The van der Waals surface area contributed by atoms with Crippen LogP contribution < -0.4 is 15.5 Å². The summed E-state index contributed by atoms with van der Waals surface area (Å²) < 4.78 is 5.38. The van der Waals surface area contributed by atoms with Crippen LogP contribution in [0.15, 0.2) is 18.3 Å². The smallest absolute Gasteiger partial charge is 0.319 e. The lowest BCUT2D eigenvalue weighted by molar-refractivity contribution is 0.122. The van der Waals surface area contributed by atoms with Crippen LogP contribution in [0.1, 0.15) is 19.3 Å². The van der Waals surface area contributed by atoms with Crippen molar-refractivity contribution >= 4 is 17.5 Å². The van der Waals surface area contributed by atoms with Crippen LogP contribution in [-0.2, 0) is 4.74 Å². The van der Waals surface area contributed by atoms with Gasteiger partial charge in [-0.15, -0.1) is 0 Å². The fourth-order valence-electron chi connectivity index (χ4n) is 3.70. The normalized spacial score (nSPS) is 29.8. The van der Waals surface area contributed by atoms with Gasteiger partial charge in [0, 0.05) is 25.3 Å². The third-order valence-electron chi connectivity index (χ3n) is 4.92. The Morgan fingerprint density at radius 1 is 1.23 bits per heavy atom. The van der Waals surface area contributed by atoms with Crippen molar-refractivity contribution in [2.24, 2.45) is 11.8 Å². The lowest BCUT2D eigenvalue weighted by Crippen LogP contribution is -2.39. The lowest BCUT2D eigenvalue weighted by Gasteiger charge is -2.29. The highest BCUT2D eigenvalue weighted by Gasteiger charge is 2.46. The van der Waals surface area contributed by atoms with Gasteiger partial charge in [0.1, 0.15) is 0 Å². The summed E-state index contributed by atoms with van der Waals surface area (Å²) in [6.45, 7) is 3.01. The Bertz CT molecular complexity index is 549. The fraction of sp³-hybridized carbons (Fsp3) is 0.625. The first-order chi connectivity index (χ1) is 10.8. The second kappa shape index (κ2) is 5.76. The molecule has 2 atom stereocenters. The van der Waals surface area contributed by atoms with Crippen molar-refractivity contribution < 1.29 is 9.53 Å². The Hall–Kier alpha value is -1.82. The number of hydrogen-bond donors (Lipinski definition) is 2. The Kier molecular flexibility index (Phi) is 3.62. The summed E-state index contributed by atoms with van der Waals surface area (Å²) in [5.41, 5.74) is 0.769. The van der Waals surface area contributed by atoms with E-state index in [2.05, 4.69) is 20.5 Å². The predicted molar refractivity (Wildman–Crippen MR) is 84.0 cm³/mol. The quantitative estimate of drug-likeness (QED) is 0.894. The van der Waals surface area contributed by atoms with Crippen LogP contribution in [0.4, 0.5) is 16.3 Å². The molecule has 1 aliphatic heterocycles. The molecule has 22 heavy (non-hydrogen) atoms. The molecule has 3 aliphatic rings. The van der Waals surface area contributed by atoms with E-state index < -0.39 is 0 Å². The number of urea groups is 1. The number of nitrogens with one attached hydrogen (secondary N) is 2. The van der Waals surface area contributed by atoms with Gasteiger partial charge < -0.3 is 20.3 Å². The van der Waals surface area contributed by atoms with E-state index in [1.165, 1.54) is 6.42 Å². The average Bonchev–Trinajstić information content (AvgIpc) is 3.15. The van der Waals surface area contributed by atoms with E-state index in [1.54, 1.807) is 6.20 Å². The molecule has 6 nitrogen and oxygen atoms in total. The number of hydrogen-bond acceptors (Lipinski definition) is 4. The van der Waals surface area contributed by atoms with E-state index in [1.807, 2.05) is 12.1 Å². The highest BCUT2D eigenvalue weighted by atomic mass is 16.5. The molecule has 0 aromatic carbocycles. The number of morpholine rings is 1. The molecule has 118 valence electrons. The summed E-state index contributed by atoms with van der Waals surface area (Å²) >= 11 is 0. The summed E-state index contributed by atoms with van der Waals surface area (Å²) in [5.74, 6) is 2.57. The minimum absolute atomic E-state index is 0.117. The molecule has 0 bridgehead atoms. The Morgan fingerprint density at radius 2 is 2.00 bits per heavy atom. The van der Waals surface area contributed by atoms with E-state index in [0.717, 1.165) is 49.3 Å². The zero-order valence-electron chi connectivity index (χ0n) is 12.6. The van der Waals surface area contributed by atoms with Crippen LogP contribution in [-0.4, -0.2) is 43.4 Å². The van der Waals surface area contributed by atoms with Crippen molar-refractivity contribution in [1.29, 1.82) is 0 Å². The van der Waals surface area contributed by atoms with Crippen LogP contribution in [0.2, 0.25) is 0 Å². The van der Waals surface area contributed by atoms with Gasteiger partial charge in [0.25, 0.3) is 0 Å². The van der Waals surface area contributed by atoms with E-state index in [4.69, 9.17) is 4.74 Å². The maximum absolute atomic E-state index is 12.2. The van der Waals surface area contributed by atoms with Crippen LogP contribution in [0.3, 0.4) is 0 Å². The number of ether oxygens (including phenoxy) is 1. The number of pyridine rings is 1. The maximum atomic E-state index is 12.2. The number of fused-ring (bicyclic) bond motifs is 1. The Balaban J connectivity index is 1.39. The average molecular weight is 302 g/mol. The molecule has 2 unspecified atom stereocenters. The minimum atomic E-state index is -0.117. The number of carbonyl (C=O) groups excluding carboxylic acids is 1. The number of nitrogens with zero attached hydrogens (tertiary/aromatic N) is 2. The molecule has 3 fully saturated rings. The van der Waals surface area contributed by atoms with Crippen molar-refractivity contribution in [2.45, 2.75) is 25.3 Å². The van der Waals surface area contributed by atoms with Gasteiger partial charge in [-0.1, -0.05) is 0 Å². The zero-order valence-corrected chi connectivity index (χ0v) is 12.6. The lowest BCUT2D eigenvalue weighted by atomic mass is 10.2. The minimum Gasteiger partial charge on any atom is -0.378 e. The first kappa shape index (κ1) is 13.8. The molecule has 4 rings (SSSR count). The summed E-state index contributed by atoms with van der Waals surface area (Å²) in [6, 6.07) is 3.98. The molecule has 2 aliphatic carbocycles. The van der Waals surface area contributed by atoms with E-state index in [9.17, 15) is 4.79 Å². The SMILES string of the molecule is O=C(Nc1cccnc1N1CCOCC1)NC1CC2CC2C1. The first-order valence-electron chi connectivity index (χ1n) is 8.15. The maximum Gasteiger partial charge on any atom is 0.319 e. The molecule has 2 N–H and O–H groups in total. The molecular weight excluding hydrogens is 280 g/mol. The van der Waals surface area contributed by atoms with Crippen molar-refractivity contribution in [3.8, 4) is 0 Å². The third-order valence-corrected chi connectivity index (χ3v) is 4.92. The topological polar surface area (TPSA) is 66.5 Å². The largest absolute Gasteiger partial charge is 0.378 e.